The quantitative estimate of drug-likeness (QED) is 0.877. The Labute approximate surface area is 101 Å². The molecule has 0 bridgehead atoms. The molecule has 0 aromatic carbocycles. The smallest absolute Gasteiger partial charge is 0.223 e. The monoisotopic (exact) mass is 228 g/mol. The number of nitrogens with one attached hydrogen (secondary N) is 1. The van der Waals surface area contributed by atoms with Gasteiger partial charge >= 0.3 is 0 Å². The average Bonchev–Trinajstić information content (AvgIpc) is 2.28. The molecule has 0 saturated heterocycles. The highest BCUT2D eigenvalue weighted by atomic mass is 15.1. The number of anilines is 1. The van der Waals surface area contributed by atoms with Crippen LogP contribution in [0, 0.1) is 13.8 Å². The predicted molar refractivity (Wildman–Crippen MR) is 68.9 cm³/mol. The van der Waals surface area contributed by atoms with Crippen LogP contribution in [0.4, 0.5) is 5.95 Å². The van der Waals surface area contributed by atoms with E-state index in [2.05, 4.69) is 20.3 Å². The number of aromatic nitrogens is 3. The van der Waals surface area contributed by atoms with E-state index in [1.54, 1.807) is 6.20 Å². The zero-order valence-electron chi connectivity index (χ0n) is 10.4. The van der Waals surface area contributed by atoms with E-state index in [1.165, 1.54) is 0 Å². The molecule has 0 fully saturated rings. The molecule has 0 unspecified atom stereocenters. The minimum Gasteiger partial charge on any atom is -0.354 e. The molecule has 0 atom stereocenters. The Morgan fingerprint density at radius 2 is 1.94 bits per heavy atom. The van der Waals surface area contributed by atoms with Crippen LogP contribution in [0.2, 0.25) is 0 Å². The van der Waals surface area contributed by atoms with E-state index in [0.29, 0.717) is 5.95 Å². The Kier molecular flexibility index (Phi) is 3.32. The minimum absolute atomic E-state index is 0.678. The third-order valence-corrected chi connectivity index (χ3v) is 2.38. The molecule has 0 saturated carbocycles. The van der Waals surface area contributed by atoms with E-state index in [4.69, 9.17) is 0 Å². The molecule has 0 aliphatic carbocycles. The zero-order chi connectivity index (χ0) is 12.3. The van der Waals surface area contributed by atoms with Crippen molar-refractivity contribution in [3.8, 4) is 11.3 Å². The first kappa shape index (κ1) is 11.5. The second-order valence-corrected chi connectivity index (χ2v) is 3.93. The summed E-state index contributed by atoms with van der Waals surface area (Å²) in [5.74, 6) is 0.678. The van der Waals surface area contributed by atoms with Crippen molar-refractivity contribution in [2.75, 3.05) is 11.9 Å². The third kappa shape index (κ3) is 2.78. The van der Waals surface area contributed by atoms with Gasteiger partial charge in [-0.25, -0.2) is 9.97 Å². The van der Waals surface area contributed by atoms with Gasteiger partial charge in [0.2, 0.25) is 5.95 Å². The predicted octanol–water partition coefficient (Wildman–Crippen LogP) is 2.59. The number of pyridine rings is 1. The minimum atomic E-state index is 0.678. The number of rotatable bonds is 3. The molecular weight excluding hydrogens is 212 g/mol. The first-order valence-electron chi connectivity index (χ1n) is 5.71. The van der Waals surface area contributed by atoms with Crippen molar-refractivity contribution in [2.45, 2.75) is 20.8 Å². The van der Waals surface area contributed by atoms with Crippen LogP contribution in [0.5, 0.6) is 0 Å². The van der Waals surface area contributed by atoms with Crippen LogP contribution in [0.15, 0.2) is 24.4 Å². The highest BCUT2D eigenvalue weighted by molar-refractivity contribution is 5.60. The molecule has 0 spiro atoms. The van der Waals surface area contributed by atoms with Gasteiger partial charge in [0.25, 0.3) is 0 Å². The number of aryl methyl sites for hydroxylation is 2. The van der Waals surface area contributed by atoms with E-state index in [9.17, 15) is 0 Å². The summed E-state index contributed by atoms with van der Waals surface area (Å²) in [6.07, 6.45) is 1.80. The lowest BCUT2D eigenvalue weighted by Gasteiger charge is -2.07. The van der Waals surface area contributed by atoms with Gasteiger partial charge < -0.3 is 5.32 Å². The maximum absolute atomic E-state index is 4.48. The summed E-state index contributed by atoms with van der Waals surface area (Å²) in [6.45, 7) is 6.79. The fraction of sp³-hybridized carbons (Fsp3) is 0.308. The van der Waals surface area contributed by atoms with Gasteiger partial charge in [-0.3, -0.25) is 4.98 Å². The number of hydrogen-bond donors (Lipinski definition) is 1. The van der Waals surface area contributed by atoms with Crippen LogP contribution in [-0.4, -0.2) is 21.5 Å². The standard InChI is InChI=1S/C13H16N4/c1-4-14-13-16-10(3)8-12(17-13)11-5-6-15-9(2)7-11/h5-8H,4H2,1-3H3,(H,14,16,17). The van der Waals surface area contributed by atoms with Gasteiger partial charge in [-0.1, -0.05) is 0 Å². The molecule has 2 aromatic heterocycles. The number of nitrogens with zero attached hydrogens (tertiary/aromatic N) is 3. The topological polar surface area (TPSA) is 50.7 Å². The molecule has 2 aromatic rings. The van der Waals surface area contributed by atoms with Gasteiger partial charge in [0.05, 0.1) is 5.69 Å². The first-order valence-corrected chi connectivity index (χ1v) is 5.71. The normalized spacial score (nSPS) is 10.3. The van der Waals surface area contributed by atoms with Crippen LogP contribution < -0.4 is 5.32 Å². The molecule has 4 nitrogen and oxygen atoms in total. The summed E-state index contributed by atoms with van der Waals surface area (Å²) in [4.78, 5) is 13.0. The Bertz CT molecular complexity index is 523. The van der Waals surface area contributed by atoms with Crippen molar-refractivity contribution < 1.29 is 0 Å². The SMILES string of the molecule is CCNc1nc(C)cc(-c2ccnc(C)c2)n1. The molecule has 17 heavy (non-hydrogen) atoms. The lowest BCUT2D eigenvalue weighted by molar-refractivity contribution is 1.05. The summed E-state index contributed by atoms with van der Waals surface area (Å²) in [5, 5.41) is 3.14. The fourth-order valence-corrected chi connectivity index (χ4v) is 1.66. The van der Waals surface area contributed by atoms with Gasteiger partial charge in [-0.05, 0) is 39.0 Å². The average molecular weight is 228 g/mol. The van der Waals surface area contributed by atoms with Gasteiger partial charge in [0.1, 0.15) is 0 Å². The Hall–Kier alpha value is -1.97. The van der Waals surface area contributed by atoms with Gasteiger partial charge in [0, 0.05) is 29.7 Å². The number of hydrogen-bond acceptors (Lipinski definition) is 4. The highest BCUT2D eigenvalue weighted by Gasteiger charge is 2.04. The Morgan fingerprint density at radius 1 is 1.12 bits per heavy atom. The molecule has 0 radical (unpaired) electrons. The van der Waals surface area contributed by atoms with Crippen molar-refractivity contribution >= 4 is 5.95 Å². The van der Waals surface area contributed by atoms with Crippen molar-refractivity contribution in [3.05, 3.63) is 35.8 Å². The summed E-state index contributed by atoms with van der Waals surface area (Å²) in [5.41, 5.74) is 3.95. The van der Waals surface area contributed by atoms with E-state index in [0.717, 1.165) is 29.2 Å². The first-order chi connectivity index (χ1) is 8.19. The lowest BCUT2D eigenvalue weighted by atomic mass is 10.1. The molecule has 4 heteroatoms. The van der Waals surface area contributed by atoms with E-state index >= 15 is 0 Å². The Balaban J connectivity index is 2.44. The largest absolute Gasteiger partial charge is 0.354 e. The van der Waals surface area contributed by atoms with Crippen LogP contribution in [0.25, 0.3) is 11.3 Å². The summed E-state index contributed by atoms with van der Waals surface area (Å²) in [6, 6.07) is 5.97. The molecule has 88 valence electrons. The fourth-order valence-electron chi connectivity index (χ4n) is 1.66. The second-order valence-electron chi connectivity index (χ2n) is 3.93. The highest BCUT2D eigenvalue weighted by Crippen LogP contribution is 2.19. The van der Waals surface area contributed by atoms with Gasteiger partial charge in [0.15, 0.2) is 0 Å². The summed E-state index contributed by atoms with van der Waals surface area (Å²) in [7, 11) is 0. The molecule has 1 N–H and O–H groups in total. The van der Waals surface area contributed by atoms with E-state index < -0.39 is 0 Å². The second kappa shape index (κ2) is 4.91. The maximum Gasteiger partial charge on any atom is 0.223 e. The van der Waals surface area contributed by atoms with Crippen LogP contribution >= 0.6 is 0 Å². The van der Waals surface area contributed by atoms with Crippen LogP contribution in [0.1, 0.15) is 18.3 Å². The Morgan fingerprint density at radius 3 is 2.65 bits per heavy atom. The van der Waals surface area contributed by atoms with E-state index in [1.807, 2.05) is 39.0 Å². The lowest BCUT2D eigenvalue weighted by Crippen LogP contribution is -2.04. The van der Waals surface area contributed by atoms with Crippen molar-refractivity contribution in [1.82, 2.24) is 15.0 Å². The van der Waals surface area contributed by atoms with Crippen LogP contribution in [0.3, 0.4) is 0 Å². The third-order valence-electron chi connectivity index (χ3n) is 2.38. The molecule has 0 aliphatic rings. The van der Waals surface area contributed by atoms with E-state index in [-0.39, 0.29) is 0 Å². The zero-order valence-corrected chi connectivity index (χ0v) is 10.4. The summed E-state index contributed by atoms with van der Waals surface area (Å²) >= 11 is 0. The van der Waals surface area contributed by atoms with Crippen molar-refractivity contribution in [2.24, 2.45) is 0 Å². The molecule has 0 aliphatic heterocycles. The summed E-state index contributed by atoms with van der Waals surface area (Å²) < 4.78 is 0. The molecule has 2 heterocycles. The van der Waals surface area contributed by atoms with Crippen molar-refractivity contribution in [1.29, 1.82) is 0 Å². The van der Waals surface area contributed by atoms with Crippen molar-refractivity contribution in [3.63, 3.8) is 0 Å². The molecular formula is C13H16N4. The molecule has 2 rings (SSSR count). The van der Waals surface area contributed by atoms with Gasteiger partial charge in [-0.15, -0.1) is 0 Å². The maximum atomic E-state index is 4.48. The van der Waals surface area contributed by atoms with Gasteiger partial charge in [-0.2, -0.15) is 0 Å². The van der Waals surface area contributed by atoms with Crippen LogP contribution in [-0.2, 0) is 0 Å². The molecule has 0 amide bonds.